The van der Waals surface area contributed by atoms with Gasteiger partial charge in [0.1, 0.15) is 23.9 Å². The van der Waals surface area contributed by atoms with Crippen LogP contribution in [0.1, 0.15) is 28.8 Å². The summed E-state index contributed by atoms with van der Waals surface area (Å²) in [6.07, 6.45) is 8.59. The summed E-state index contributed by atoms with van der Waals surface area (Å²) < 4.78 is 0. The van der Waals surface area contributed by atoms with Crippen molar-refractivity contribution in [3.63, 3.8) is 0 Å². The Morgan fingerprint density at radius 2 is 1.74 bits per heavy atom. The Morgan fingerprint density at radius 1 is 1.00 bits per heavy atom. The number of Topliss-reactive ketones (excluding diaryl/α,β-unsaturated/α-hetero) is 1. The van der Waals surface area contributed by atoms with E-state index in [0.717, 1.165) is 11.1 Å². The van der Waals surface area contributed by atoms with E-state index in [1.807, 2.05) is 30.3 Å². The predicted octanol–water partition coefficient (Wildman–Crippen LogP) is 3.20. The smallest absolute Gasteiger partial charge is 0.295 e. The number of hydrogen-bond donors (Lipinski definition) is 1. The Bertz CT molecular complexity index is 1440. The van der Waals surface area contributed by atoms with Crippen molar-refractivity contribution in [2.24, 2.45) is 0 Å². The number of rotatable bonds is 4. The van der Waals surface area contributed by atoms with Gasteiger partial charge in [-0.3, -0.25) is 9.59 Å². The normalized spacial score (nSPS) is 13.5. The molecule has 34 heavy (non-hydrogen) atoms. The summed E-state index contributed by atoms with van der Waals surface area (Å²) in [6.45, 7) is 0.754. The van der Waals surface area contributed by atoms with Crippen molar-refractivity contribution in [3.05, 3.63) is 78.3 Å². The van der Waals surface area contributed by atoms with Crippen LogP contribution in [0.25, 0.3) is 27.9 Å². The van der Waals surface area contributed by atoms with E-state index < -0.39 is 11.7 Å². The lowest BCUT2D eigenvalue weighted by Crippen LogP contribution is -2.40. The number of aromatic nitrogens is 5. The quantitative estimate of drug-likeness (QED) is 0.288. The van der Waals surface area contributed by atoms with E-state index in [4.69, 9.17) is 0 Å². The maximum absolute atomic E-state index is 13.1. The van der Waals surface area contributed by atoms with Gasteiger partial charge < -0.3 is 9.88 Å². The van der Waals surface area contributed by atoms with Crippen molar-refractivity contribution in [3.8, 4) is 17.3 Å². The van der Waals surface area contributed by atoms with Crippen LogP contribution in [0, 0.1) is 11.3 Å². The molecule has 1 N–H and O–H groups in total. The zero-order valence-corrected chi connectivity index (χ0v) is 18.1. The van der Waals surface area contributed by atoms with Crippen molar-refractivity contribution >= 4 is 28.3 Å². The minimum atomic E-state index is -0.629. The summed E-state index contributed by atoms with van der Waals surface area (Å²) in [5.74, 6) is -1.21. The molecule has 1 aromatic carbocycles. The van der Waals surface area contributed by atoms with Crippen LogP contribution in [0.15, 0.2) is 67.2 Å². The first-order chi connectivity index (χ1) is 16.7. The number of allylic oxidation sites excluding steroid dienone is 1. The Morgan fingerprint density at radius 3 is 2.44 bits per heavy atom. The van der Waals surface area contributed by atoms with Gasteiger partial charge in [-0.1, -0.05) is 30.3 Å². The second kappa shape index (κ2) is 9.03. The third-order valence-electron chi connectivity index (χ3n) is 5.92. The summed E-state index contributed by atoms with van der Waals surface area (Å²) in [4.78, 5) is 47.2. The van der Waals surface area contributed by atoms with Gasteiger partial charge >= 0.3 is 0 Å². The van der Waals surface area contributed by atoms with E-state index in [1.165, 1.54) is 23.8 Å². The molecule has 0 spiro atoms. The van der Waals surface area contributed by atoms with Crippen molar-refractivity contribution in [2.45, 2.75) is 12.8 Å². The molecule has 3 aromatic heterocycles. The lowest BCUT2D eigenvalue weighted by atomic mass is 9.93. The minimum absolute atomic E-state index is 0.198. The number of piperidine rings is 1. The molecule has 1 saturated heterocycles. The first-order valence-corrected chi connectivity index (χ1v) is 10.8. The summed E-state index contributed by atoms with van der Waals surface area (Å²) >= 11 is 0. The van der Waals surface area contributed by atoms with Gasteiger partial charge in [0.15, 0.2) is 0 Å². The van der Waals surface area contributed by atoms with Crippen LogP contribution in [0.3, 0.4) is 0 Å². The first kappa shape index (κ1) is 21.2. The maximum atomic E-state index is 13.1. The second-order valence-corrected chi connectivity index (χ2v) is 7.85. The molecular formula is C25H19N7O2. The van der Waals surface area contributed by atoms with E-state index in [0.29, 0.717) is 53.8 Å². The molecule has 1 aliphatic rings. The average Bonchev–Trinajstić information content (AvgIpc) is 3.34. The second-order valence-electron chi connectivity index (χ2n) is 7.85. The van der Waals surface area contributed by atoms with Crippen LogP contribution < -0.4 is 0 Å². The standard InChI is InChI=1S/C25H19N7O2/c26-10-19(16-4-2-1-3-5-16)17-6-8-32(9-7-17)25(34)24(33)20-13-29-23-21(30-15-31-22(20)23)18-11-27-14-28-12-18/h1-5,11-15,29H,6-9H2. The molecule has 0 unspecified atom stereocenters. The molecule has 166 valence electrons. The molecule has 4 heterocycles. The van der Waals surface area contributed by atoms with E-state index in [-0.39, 0.29) is 5.56 Å². The zero-order valence-electron chi connectivity index (χ0n) is 18.1. The summed E-state index contributed by atoms with van der Waals surface area (Å²) in [6, 6.07) is 11.8. The van der Waals surface area contributed by atoms with E-state index in [1.54, 1.807) is 12.4 Å². The lowest BCUT2D eigenvalue weighted by Gasteiger charge is -2.28. The number of ketones is 1. The number of nitriles is 1. The highest BCUT2D eigenvalue weighted by molar-refractivity contribution is 6.44. The zero-order chi connectivity index (χ0) is 23.5. The molecule has 9 nitrogen and oxygen atoms in total. The number of hydrogen-bond acceptors (Lipinski definition) is 7. The van der Waals surface area contributed by atoms with Crippen LogP contribution in [0.2, 0.25) is 0 Å². The Labute approximate surface area is 194 Å². The van der Waals surface area contributed by atoms with Crippen molar-refractivity contribution in [2.75, 3.05) is 13.1 Å². The van der Waals surface area contributed by atoms with Gasteiger partial charge in [-0.15, -0.1) is 0 Å². The van der Waals surface area contributed by atoms with Gasteiger partial charge in [-0.2, -0.15) is 5.26 Å². The summed E-state index contributed by atoms with van der Waals surface area (Å²) in [5.41, 5.74) is 4.85. The molecule has 5 rings (SSSR count). The topological polar surface area (TPSA) is 129 Å². The monoisotopic (exact) mass is 449 g/mol. The summed E-state index contributed by atoms with van der Waals surface area (Å²) in [7, 11) is 0. The van der Waals surface area contributed by atoms with Crippen LogP contribution in [0.4, 0.5) is 0 Å². The fourth-order valence-electron chi connectivity index (χ4n) is 4.19. The Kier molecular flexibility index (Phi) is 5.62. The number of benzene rings is 1. The number of nitrogens with zero attached hydrogens (tertiary/aromatic N) is 6. The van der Waals surface area contributed by atoms with Crippen LogP contribution >= 0.6 is 0 Å². The van der Waals surface area contributed by atoms with Crippen molar-refractivity contribution in [1.82, 2.24) is 29.8 Å². The van der Waals surface area contributed by atoms with Crippen LogP contribution in [-0.2, 0) is 4.79 Å². The first-order valence-electron chi connectivity index (χ1n) is 10.8. The minimum Gasteiger partial charge on any atom is -0.357 e. The maximum Gasteiger partial charge on any atom is 0.295 e. The van der Waals surface area contributed by atoms with Crippen molar-refractivity contribution in [1.29, 1.82) is 5.26 Å². The molecule has 0 saturated carbocycles. The highest BCUT2D eigenvalue weighted by Gasteiger charge is 2.29. The van der Waals surface area contributed by atoms with Gasteiger partial charge in [0, 0.05) is 37.2 Å². The highest BCUT2D eigenvalue weighted by atomic mass is 16.2. The highest BCUT2D eigenvalue weighted by Crippen LogP contribution is 2.28. The molecule has 0 atom stereocenters. The molecule has 1 aliphatic heterocycles. The average molecular weight is 449 g/mol. The molecule has 1 fully saturated rings. The molecule has 0 radical (unpaired) electrons. The number of nitrogens with one attached hydrogen (secondary N) is 1. The van der Waals surface area contributed by atoms with E-state index in [9.17, 15) is 14.9 Å². The van der Waals surface area contributed by atoms with Gasteiger partial charge in [0.2, 0.25) is 0 Å². The summed E-state index contributed by atoms with van der Waals surface area (Å²) in [5, 5.41) is 9.66. The number of carbonyl (C=O) groups is 2. The van der Waals surface area contributed by atoms with Gasteiger partial charge in [-0.05, 0) is 24.0 Å². The number of amides is 1. The molecule has 0 aliphatic carbocycles. The predicted molar refractivity (Wildman–Crippen MR) is 124 cm³/mol. The Balaban J connectivity index is 1.36. The third-order valence-corrected chi connectivity index (χ3v) is 5.92. The fraction of sp³-hybridized carbons (Fsp3) is 0.160. The number of likely N-dealkylation sites (tertiary alicyclic amines) is 1. The van der Waals surface area contributed by atoms with Crippen molar-refractivity contribution < 1.29 is 9.59 Å². The molecule has 0 bridgehead atoms. The lowest BCUT2D eigenvalue weighted by molar-refractivity contribution is -0.126. The largest absolute Gasteiger partial charge is 0.357 e. The molecular weight excluding hydrogens is 430 g/mol. The molecule has 4 aromatic rings. The SMILES string of the molecule is N#CC(=C1CCN(C(=O)C(=O)c2c[nH]c3c(-c4cncnc4)ncnc23)CC1)c1ccccc1. The van der Waals surface area contributed by atoms with Gasteiger partial charge in [0.05, 0.1) is 22.7 Å². The fourth-order valence-corrected chi connectivity index (χ4v) is 4.19. The van der Waals surface area contributed by atoms with E-state index >= 15 is 0 Å². The van der Waals surface area contributed by atoms with E-state index in [2.05, 4.69) is 31.0 Å². The van der Waals surface area contributed by atoms with Crippen LogP contribution in [-0.4, -0.2) is 54.6 Å². The number of H-pyrrole nitrogens is 1. The Hall–Kier alpha value is -4.71. The number of aromatic amines is 1. The third kappa shape index (κ3) is 3.82. The van der Waals surface area contributed by atoms with Gasteiger partial charge in [0.25, 0.3) is 11.7 Å². The molecule has 9 heteroatoms. The van der Waals surface area contributed by atoms with Crippen LogP contribution in [0.5, 0.6) is 0 Å². The number of carbonyl (C=O) groups excluding carboxylic acids is 2. The number of fused-ring (bicyclic) bond motifs is 1. The van der Waals surface area contributed by atoms with Gasteiger partial charge in [-0.25, -0.2) is 19.9 Å². The molecule has 1 amide bonds.